The minimum Gasteiger partial charge on any atom is -0.378 e. The van der Waals surface area contributed by atoms with Crippen molar-refractivity contribution < 1.29 is 13.2 Å². The van der Waals surface area contributed by atoms with Crippen molar-refractivity contribution >= 4 is 15.8 Å². The first-order chi connectivity index (χ1) is 11.8. The van der Waals surface area contributed by atoms with Crippen LogP contribution in [0.5, 0.6) is 0 Å². The van der Waals surface area contributed by atoms with Crippen LogP contribution in [0.2, 0.25) is 0 Å². The first-order valence-electron chi connectivity index (χ1n) is 9.58. The third kappa shape index (κ3) is 3.18. The second-order valence-corrected chi connectivity index (χ2v) is 11.1. The number of hydrogen-bond donors (Lipinski definition) is 1. The van der Waals surface area contributed by atoms with Crippen LogP contribution in [0, 0.1) is 5.41 Å². The first kappa shape index (κ1) is 19.0. The van der Waals surface area contributed by atoms with Gasteiger partial charge in [-0.3, -0.25) is 4.99 Å². The number of sulfone groups is 1. The summed E-state index contributed by atoms with van der Waals surface area (Å²) in [5, 5.41) is 3.66. The second-order valence-electron chi connectivity index (χ2n) is 8.36. The normalized spacial score (nSPS) is 33.3. The van der Waals surface area contributed by atoms with Crippen LogP contribution in [0.1, 0.15) is 52.9 Å². The van der Waals surface area contributed by atoms with E-state index in [0.29, 0.717) is 25.2 Å². The molecule has 1 spiro atoms. The topological polar surface area (TPSA) is 71.0 Å². The lowest BCUT2D eigenvalue weighted by Gasteiger charge is -2.55. The van der Waals surface area contributed by atoms with Crippen LogP contribution in [-0.4, -0.2) is 68.7 Å². The lowest BCUT2D eigenvalue weighted by atomic mass is 9.60. The fourth-order valence-corrected chi connectivity index (χ4v) is 6.23. The highest BCUT2D eigenvalue weighted by atomic mass is 32.2. The van der Waals surface area contributed by atoms with Crippen LogP contribution in [-0.2, 0) is 14.6 Å². The minimum atomic E-state index is -3.04. The molecule has 3 rings (SSSR count). The molecule has 0 aromatic rings. The molecular formula is C18H33N3O3S. The van der Waals surface area contributed by atoms with E-state index in [1.165, 1.54) is 25.7 Å². The molecule has 1 aliphatic heterocycles. The van der Waals surface area contributed by atoms with Gasteiger partial charge in [0, 0.05) is 38.2 Å². The summed E-state index contributed by atoms with van der Waals surface area (Å²) in [5.41, 5.74) is 0.239. The quantitative estimate of drug-likeness (QED) is 0.605. The number of guanidine groups is 1. The van der Waals surface area contributed by atoms with Crippen molar-refractivity contribution in [2.24, 2.45) is 10.4 Å². The maximum absolute atomic E-state index is 12.3. The first-order valence-corrected chi connectivity index (χ1v) is 11.2. The maximum Gasteiger partial charge on any atom is 0.193 e. The largest absolute Gasteiger partial charge is 0.378 e. The lowest BCUT2D eigenvalue weighted by Crippen LogP contribution is -2.66. The zero-order valence-corrected chi connectivity index (χ0v) is 16.9. The molecule has 2 saturated carbocycles. The molecule has 2 unspecified atom stereocenters. The molecule has 0 amide bonds. The van der Waals surface area contributed by atoms with Crippen LogP contribution >= 0.6 is 0 Å². The molecule has 144 valence electrons. The van der Waals surface area contributed by atoms with Gasteiger partial charge < -0.3 is 15.0 Å². The summed E-state index contributed by atoms with van der Waals surface area (Å²) in [6, 6.07) is 0.381. The summed E-state index contributed by atoms with van der Waals surface area (Å²) >= 11 is 0. The summed E-state index contributed by atoms with van der Waals surface area (Å²) in [6.07, 6.45) is 6.35. The van der Waals surface area contributed by atoms with Crippen molar-refractivity contribution in [3.05, 3.63) is 0 Å². The van der Waals surface area contributed by atoms with E-state index >= 15 is 0 Å². The molecule has 3 fully saturated rings. The van der Waals surface area contributed by atoms with Crippen LogP contribution in [0.3, 0.4) is 0 Å². The summed E-state index contributed by atoms with van der Waals surface area (Å²) < 4.78 is 29.8. The highest BCUT2D eigenvalue weighted by Gasteiger charge is 2.57. The molecule has 3 aliphatic rings. The Hall–Kier alpha value is -0.820. The summed E-state index contributed by atoms with van der Waals surface area (Å²) in [5.74, 6) is 1.03. The molecule has 0 bridgehead atoms. The molecule has 1 N–H and O–H groups in total. The van der Waals surface area contributed by atoms with E-state index in [4.69, 9.17) is 4.74 Å². The highest BCUT2D eigenvalue weighted by Crippen LogP contribution is 2.54. The van der Waals surface area contributed by atoms with E-state index in [1.54, 1.807) is 7.05 Å². The second kappa shape index (κ2) is 6.72. The summed E-state index contributed by atoms with van der Waals surface area (Å²) in [7, 11) is -1.25. The number of hydrogen-bond acceptors (Lipinski definition) is 4. The minimum absolute atomic E-state index is 0.193. The van der Waals surface area contributed by atoms with Crippen molar-refractivity contribution in [1.82, 2.24) is 10.2 Å². The molecule has 1 heterocycles. The third-order valence-electron chi connectivity index (χ3n) is 6.55. The Kier molecular flexibility index (Phi) is 5.10. The van der Waals surface area contributed by atoms with Gasteiger partial charge in [-0.15, -0.1) is 0 Å². The van der Waals surface area contributed by atoms with Gasteiger partial charge in [-0.05, 0) is 40.0 Å². The number of rotatable bonds is 3. The Morgan fingerprint density at radius 3 is 2.56 bits per heavy atom. The van der Waals surface area contributed by atoms with Crippen LogP contribution in [0.25, 0.3) is 0 Å². The number of aliphatic imine (C=N–C) groups is 1. The van der Waals surface area contributed by atoms with Crippen molar-refractivity contribution in [2.45, 2.75) is 69.8 Å². The fraction of sp³-hybridized carbons (Fsp3) is 0.944. The van der Waals surface area contributed by atoms with Gasteiger partial charge in [0.1, 0.15) is 0 Å². The van der Waals surface area contributed by atoms with Crippen molar-refractivity contribution in [3.8, 4) is 0 Å². The highest BCUT2D eigenvalue weighted by molar-refractivity contribution is 7.92. The predicted octanol–water partition coefficient (Wildman–Crippen LogP) is 1.81. The Labute approximate surface area is 152 Å². The van der Waals surface area contributed by atoms with Gasteiger partial charge in [0.05, 0.1) is 16.6 Å². The number of nitrogens with zero attached hydrogens (tertiary/aromatic N) is 2. The summed E-state index contributed by atoms with van der Waals surface area (Å²) in [6.45, 7) is 7.47. The van der Waals surface area contributed by atoms with Gasteiger partial charge in [0.15, 0.2) is 15.8 Å². The molecule has 7 heteroatoms. The zero-order chi connectivity index (χ0) is 18.3. The van der Waals surface area contributed by atoms with Gasteiger partial charge in [-0.25, -0.2) is 8.42 Å². The molecule has 0 aromatic carbocycles. The Morgan fingerprint density at radius 1 is 1.32 bits per heavy atom. The smallest absolute Gasteiger partial charge is 0.193 e. The van der Waals surface area contributed by atoms with Crippen LogP contribution < -0.4 is 5.32 Å². The predicted molar refractivity (Wildman–Crippen MR) is 101 cm³/mol. The fourth-order valence-electron chi connectivity index (χ4n) is 4.87. The van der Waals surface area contributed by atoms with Crippen molar-refractivity contribution in [2.75, 3.05) is 32.5 Å². The molecule has 0 radical (unpaired) electrons. The van der Waals surface area contributed by atoms with Gasteiger partial charge in [-0.2, -0.15) is 0 Å². The summed E-state index contributed by atoms with van der Waals surface area (Å²) in [4.78, 5) is 6.58. The molecule has 0 aromatic heterocycles. The van der Waals surface area contributed by atoms with Gasteiger partial charge in [0.2, 0.25) is 0 Å². The Morgan fingerprint density at radius 2 is 2.00 bits per heavy atom. The molecule has 2 atom stereocenters. The SMILES string of the molecule is CCOC1CC(NC(=NC)N2CCS(=O)(=O)C(C)(C)C2)C12CCCC2. The molecule has 1 saturated heterocycles. The standard InChI is InChI=1S/C18H33N3O3S/c1-5-24-15-12-14(18(15)8-6-7-9-18)20-16(19-4)21-10-11-25(22,23)17(2,3)13-21/h14-15H,5-13H2,1-4H3,(H,19,20). The van der Waals surface area contributed by atoms with Crippen LogP contribution in [0.15, 0.2) is 4.99 Å². The maximum atomic E-state index is 12.3. The van der Waals surface area contributed by atoms with E-state index in [0.717, 1.165) is 19.0 Å². The van der Waals surface area contributed by atoms with E-state index in [9.17, 15) is 8.42 Å². The molecule has 6 nitrogen and oxygen atoms in total. The average Bonchev–Trinajstić information content (AvgIpc) is 3.06. The molecule has 25 heavy (non-hydrogen) atoms. The number of nitrogens with one attached hydrogen (secondary N) is 1. The monoisotopic (exact) mass is 371 g/mol. The van der Waals surface area contributed by atoms with E-state index in [2.05, 4.69) is 22.1 Å². The van der Waals surface area contributed by atoms with Gasteiger partial charge >= 0.3 is 0 Å². The average molecular weight is 372 g/mol. The van der Waals surface area contributed by atoms with E-state index in [-0.39, 0.29) is 11.2 Å². The zero-order valence-electron chi connectivity index (χ0n) is 16.0. The van der Waals surface area contributed by atoms with E-state index in [1.807, 2.05) is 13.8 Å². The van der Waals surface area contributed by atoms with E-state index < -0.39 is 14.6 Å². The van der Waals surface area contributed by atoms with Gasteiger partial charge in [0.25, 0.3) is 0 Å². The number of ether oxygens (including phenoxy) is 1. The third-order valence-corrected chi connectivity index (χ3v) is 9.08. The van der Waals surface area contributed by atoms with Crippen molar-refractivity contribution in [1.29, 1.82) is 0 Å². The Bertz CT molecular complexity index is 623. The molecule has 2 aliphatic carbocycles. The van der Waals surface area contributed by atoms with Crippen LogP contribution in [0.4, 0.5) is 0 Å². The lowest BCUT2D eigenvalue weighted by molar-refractivity contribution is -0.126. The Balaban J connectivity index is 1.69. The van der Waals surface area contributed by atoms with Gasteiger partial charge in [-0.1, -0.05) is 12.8 Å². The molecular weight excluding hydrogens is 338 g/mol. The van der Waals surface area contributed by atoms with Crippen molar-refractivity contribution in [3.63, 3.8) is 0 Å².